The second-order valence-electron chi connectivity index (χ2n) is 3.65. The van der Waals surface area contributed by atoms with Crippen LogP contribution < -0.4 is 15.2 Å². The predicted octanol–water partition coefficient (Wildman–Crippen LogP) is 0.157. The predicted molar refractivity (Wildman–Crippen MR) is 66.7 cm³/mol. The van der Waals surface area contributed by atoms with E-state index < -0.39 is 22.5 Å². The minimum Gasteiger partial charge on any atom is -0.494 e. The van der Waals surface area contributed by atoms with E-state index in [-0.39, 0.29) is 4.90 Å². The third kappa shape index (κ3) is 3.71. The summed E-state index contributed by atoms with van der Waals surface area (Å²) in [5.41, 5.74) is 5.59. The monoisotopic (exact) mass is 272 g/mol. The number of aryl methyl sites for hydroxylation is 1. The maximum atomic E-state index is 11.8. The number of carbonyl (C=O) groups excluding carboxylic acids is 1. The van der Waals surface area contributed by atoms with E-state index >= 15 is 0 Å². The number of nitrogens with one attached hydrogen (secondary N) is 1. The van der Waals surface area contributed by atoms with Crippen molar-refractivity contribution in [1.82, 2.24) is 4.72 Å². The van der Waals surface area contributed by atoms with Crippen LogP contribution in [0.1, 0.15) is 12.5 Å². The lowest BCUT2D eigenvalue weighted by molar-refractivity contribution is -0.116. The lowest BCUT2D eigenvalue weighted by atomic mass is 10.2. The first-order chi connectivity index (χ1) is 8.36. The van der Waals surface area contributed by atoms with Gasteiger partial charge in [-0.25, -0.2) is 13.1 Å². The Labute approximate surface area is 106 Å². The molecule has 0 aliphatic rings. The molecule has 0 spiro atoms. The zero-order valence-corrected chi connectivity index (χ0v) is 11.1. The summed E-state index contributed by atoms with van der Waals surface area (Å²) < 4.78 is 31.0. The van der Waals surface area contributed by atoms with Crippen molar-refractivity contribution >= 4 is 15.9 Å². The zero-order chi connectivity index (χ0) is 13.8. The number of amides is 1. The van der Waals surface area contributed by atoms with E-state index in [9.17, 15) is 13.2 Å². The number of ether oxygens (including phenoxy) is 1. The summed E-state index contributed by atoms with van der Waals surface area (Å²) in [6.45, 7) is 3.68. The van der Waals surface area contributed by atoms with Gasteiger partial charge in [0.15, 0.2) is 0 Å². The Morgan fingerprint density at radius 3 is 2.61 bits per heavy atom. The van der Waals surface area contributed by atoms with Crippen LogP contribution in [0.3, 0.4) is 0 Å². The lowest BCUT2D eigenvalue weighted by Crippen LogP contribution is -2.33. The standard InChI is InChI=1S/C11H16N2O4S/c1-3-17-10-5-4-9(6-8(10)2)18(15,16)13-7-11(12)14/h4-6,13H,3,7H2,1-2H3,(H2,12,14). The summed E-state index contributed by atoms with van der Waals surface area (Å²) in [6.07, 6.45) is 0. The van der Waals surface area contributed by atoms with Crippen molar-refractivity contribution in [3.63, 3.8) is 0 Å². The first-order valence-electron chi connectivity index (χ1n) is 5.38. The molecule has 100 valence electrons. The molecule has 6 nitrogen and oxygen atoms in total. The Balaban J connectivity index is 2.96. The Hall–Kier alpha value is -1.60. The average Bonchev–Trinajstić information content (AvgIpc) is 2.29. The Morgan fingerprint density at radius 1 is 1.44 bits per heavy atom. The summed E-state index contributed by atoms with van der Waals surface area (Å²) in [5, 5.41) is 0. The van der Waals surface area contributed by atoms with E-state index in [1.807, 2.05) is 6.92 Å². The number of benzene rings is 1. The van der Waals surface area contributed by atoms with Crippen molar-refractivity contribution in [3.05, 3.63) is 23.8 Å². The molecule has 0 saturated carbocycles. The number of hydrogen-bond donors (Lipinski definition) is 2. The van der Waals surface area contributed by atoms with Crippen LogP contribution in [0, 0.1) is 6.92 Å². The van der Waals surface area contributed by atoms with E-state index in [0.717, 1.165) is 0 Å². The maximum absolute atomic E-state index is 11.8. The number of rotatable bonds is 6. The molecule has 0 fully saturated rings. The van der Waals surface area contributed by atoms with Gasteiger partial charge in [0.25, 0.3) is 0 Å². The highest BCUT2D eigenvalue weighted by molar-refractivity contribution is 7.89. The van der Waals surface area contributed by atoms with Gasteiger partial charge in [-0.3, -0.25) is 4.79 Å². The summed E-state index contributed by atoms with van der Waals surface area (Å²) in [5.74, 6) is -0.104. The smallest absolute Gasteiger partial charge is 0.241 e. The fraction of sp³-hybridized carbons (Fsp3) is 0.364. The first-order valence-corrected chi connectivity index (χ1v) is 6.86. The second-order valence-corrected chi connectivity index (χ2v) is 5.42. The van der Waals surface area contributed by atoms with Gasteiger partial charge < -0.3 is 10.5 Å². The molecule has 1 amide bonds. The third-order valence-electron chi connectivity index (χ3n) is 2.19. The van der Waals surface area contributed by atoms with Crippen LogP contribution in [-0.2, 0) is 14.8 Å². The van der Waals surface area contributed by atoms with Crippen LogP contribution in [0.15, 0.2) is 23.1 Å². The van der Waals surface area contributed by atoms with E-state index in [0.29, 0.717) is 17.9 Å². The molecule has 0 radical (unpaired) electrons. The Morgan fingerprint density at radius 2 is 2.11 bits per heavy atom. The molecule has 7 heteroatoms. The van der Waals surface area contributed by atoms with Gasteiger partial charge in [-0.05, 0) is 37.6 Å². The Kier molecular flexibility index (Phi) is 4.69. The van der Waals surface area contributed by atoms with E-state index in [1.54, 1.807) is 13.0 Å². The SMILES string of the molecule is CCOc1ccc(S(=O)(=O)NCC(N)=O)cc1C. The van der Waals surface area contributed by atoms with E-state index in [4.69, 9.17) is 10.5 Å². The maximum Gasteiger partial charge on any atom is 0.241 e. The number of carbonyl (C=O) groups is 1. The van der Waals surface area contributed by atoms with Gasteiger partial charge in [-0.1, -0.05) is 0 Å². The van der Waals surface area contributed by atoms with Crippen molar-refractivity contribution in [2.45, 2.75) is 18.7 Å². The summed E-state index contributed by atoms with van der Waals surface area (Å²) in [4.78, 5) is 10.6. The molecule has 0 bridgehead atoms. The largest absolute Gasteiger partial charge is 0.494 e. The highest BCUT2D eigenvalue weighted by Crippen LogP contribution is 2.21. The second kappa shape index (κ2) is 5.83. The highest BCUT2D eigenvalue weighted by atomic mass is 32.2. The van der Waals surface area contributed by atoms with Crippen molar-refractivity contribution in [3.8, 4) is 5.75 Å². The quantitative estimate of drug-likeness (QED) is 0.770. The molecule has 0 aliphatic carbocycles. The number of nitrogens with two attached hydrogens (primary N) is 1. The van der Waals surface area contributed by atoms with Gasteiger partial charge in [0, 0.05) is 0 Å². The van der Waals surface area contributed by atoms with Crippen LogP contribution in [0.5, 0.6) is 5.75 Å². The fourth-order valence-electron chi connectivity index (χ4n) is 1.36. The molecule has 1 rings (SSSR count). The molecular weight excluding hydrogens is 256 g/mol. The van der Waals surface area contributed by atoms with Crippen molar-refractivity contribution in [2.24, 2.45) is 5.73 Å². The van der Waals surface area contributed by atoms with Gasteiger partial charge in [-0.2, -0.15) is 0 Å². The normalized spacial score (nSPS) is 11.2. The summed E-state index contributed by atoms with van der Waals surface area (Å²) in [7, 11) is -3.72. The topological polar surface area (TPSA) is 98.5 Å². The van der Waals surface area contributed by atoms with Gasteiger partial charge in [0.1, 0.15) is 5.75 Å². The van der Waals surface area contributed by atoms with Crippen molar-refractivity contribution in [1.29, 1.82) is 0 Å². The summed E-state index contributed by atoms with van der Waals surface area (Å²) >= 11 is 0. The van der Waals surface area contributed by atoms with Crippen LogP contribution in [0.2, 0.25) is 0 Å². The number of sulfonamides is 1. The molecular formula is C11H16N2O4S. The highest BCUT2D eigenvalue weighted by Gasteiger charge is 2.15. The molecule has 0 heterocycles. The first kappa shape index (κ1) is 14.5. The van der Waals surface area contributed by atoms with Gasteiger partial charge in [-0.15, -0.1) is 0 Å². The van der Waals surface area contributed by atoms with E-state index in [1.165, 1.54) is 12.1 Å². The third-order valence-corrected chi connectivity index (χ3v) is 3.59. The van der Waals surface area contributed by atoms with Gasteiger partial charge in [0.2, 0.25) is 15.9 Å². The molecule has 1 aromatic rings. The number of primary amides is 1. The molecule has 0 saturated heterocycles. The molecule has 0 unspecified atom stereocenters. The van der Waals surface area contributed by atoms with E-state index in [2.05, 4.69) is 4.72 Å². The average molecular weight is 272 g/mol. The summed E-state index contributed by atoms with van der Waals surface area (Å²) in [6, 6.07) is 4.48. The van der Waals surface area contributed by atoms with Crippen molar-refractivity contribution in [2.75, 3.05) is 13.2 Å². The zero-order valence-electron chi connectivity index (χ0n) is 10.3. The van der Waals surface area contributed by atoms with Crippen LogP contribution in [0.25, 0.3) is 0 Å². The lowest BCUT2D eigenvalue weighted by Gasteiger charge is -2.10. The number of hydrogen-bond acceptors (Lipinski definition) is 4. The molecule has 3 N–H and O–H groups in total. The minimum absolute atomic E-state index is 0.0738. The van der Waals surface area contributed by atoms with Gasteiger partial charge in [0.05, 0.1) is 18.0 Å². The molecule has 0 aliphatic heterocycles. The van der Waals surface area contributed by atoms with Crippen molar-refractivity contribution < 1.29 is 17.9 Å². The Bertz CT molecular complexity index is 540. The molecule has 1 aromatic carbocycles. The minimum atomic E-state index is -3.72. The molecule has 18 heavy (non-hydrogen) atoms. The molecule has 0 atom stereocenters. The van der Waals surface area contributed by atoms with Gasteiger partial charge >= 0.3 is 0 Å². The van der Waals surface area contributed by atoms with Crippen LogP contribution in [-0.4, -0.2) is 27.5 Å². The molecule has 0 aromatic heterocycles. The fourth-order valence-corrected chi connectivity index (χ4v) is 2.43. The van der Waals surface area contributed by atoms with Crippen LogP contribution >= 0.6 is 0 Å². The van der Waals surface area contributed by atoms with Crippen LogP contribution in [0.4, 0.5) is 0 Å².